The van der Waals surface area contributed by atoms with Crippen molar-refractivity contribution in [3.8, 4) is 23.0 Å². The molecule has 0 aliphatic rings. The van der Waals surface area contributed by atoms with Crippen LogP contribution in [0.3, 0.4) is 0 Å². The molecule has 104 valence electrons. The van der Waals surface area contributed by atoms with Gasteiger partial charge in [-0.2, -0.15) is 4.98 Å². The third kappa shape index (κ3) is 2.54. The molecule has 0 aromatic carbocycles. The van der Waals surface area contributed by atoms with Crippen molar-refractivity contribution in [1.82, 2.24) is 15.3 Å². The van der Waals surface area contributed by atoms with Gasteiger partial charge in [-0.1, -0.05) is 0 Å². The highest BCUT2D eigenvalue weighted by Gasteiger charge is 2.17. The normalized spacial score (nSPS) is 9.95. The van der Waals surface area contributed by atoms with Crippen LogP contribution in [0.4, 0.5) is 0 Å². The molecule has 0 fully saturated rings. The highest BCUT2D eigenvalue weighted by Crippen LogP contribution is 2.30. The molecule has 20 heavy (non-hydrogen) atoms. The maximum atomic E-state index is 11.9. The minimum Gasteiger partial charge on any atom is -0.481 e. The van der Waals surface area contributed by atoms with Gasteiger partial charge in [0, 0.05) is 19.3 Å². The number of amides is 1. The van der Waals surface area contributed by atoms with Crippen LogP contribution >= 0.6 is 0 Å². The summed E-state index contributed by atoms with van der Waals surface area (Å²) in [7, 11) is 4.61. The fourth-order valence-corrected chi connectivity index (χ4v) is 1.81. The quantitative estimate of drug-likeness (QED) is 0.914. The van der Waals surface area contributed by atoms with Gasteiger partial charge in [0.1, 0.15) is 0 Å². The number of methoxy groups -OCH3 is 2. The van der Waals surface area contributed by atoms with Crippen molar-refractivity contribution in [2.75, 3.05) is 21.3 Å². The molecular weight excluding hydrogens is 258 g/mol. The first-order valence-corrected chi connectivity index (χ1v) is 5.97. The highest BCUT2D eigenvalue weighted by atomic mass is 16.5. The van der Waals surface area contributed by atoms with Crippen LogP contribution in [-0.2, 0) is 0 Å². The van der Waals surface area contributed by atoms with Gasteiger partial charge in [0.25, 0.3) is 5.91 Å². The predicted molar refractivity (Wildman–Crippen MR) is 74.0 cm³/mol. The standard InChI is InChI=1S/C14H15N3O3/c1-15-13(18)9-5-4-8-16-12(9)10-6-7-11(19-2)17-14(10)20-3/h4-8H,1-3H3,(H,15,18). The van der Waals surface area contributed by atoms with Crippen molar-refractivity contribution >= 4 is 5.91 Å². The maximum Gasteiger partial charge on any atom is 0.253 e. The molecule has 0 unspecified atom stereocenters. The molecule has 2 rings (SSSR count). The molecular formula is C14H15N3O3. The minimum absolute atomic E-state index is 0.217. The number of carbonyl (C=O) groups excluding carboxylic acids is 1. The predicted octanol–water partition coefficient (Wildman–Crippen LogP) is 1.52. The number of carbonyl (C=O) groups is 1. The summed E-state index contributed by atoms with van der Waals surface area (Å²) in [4.78, 5) is 20.3. The molecule has 2 aromatic heterocycles. The van der Waals surface area contributed by atoms with Crippen LogP contribution < -0.4 is 14.8 Å². The van der Waals surface area contributed by atoms with Gasteiger partial charge in [0.15, 0.2) is 0 Å². The number of aromatic nitrogens is 2. The van der Waals surface area contributed by atoms with E-state index < -0.39 is 0 Å². The van der Waals surface area contributed by atoms with Crippen molar-refractivity contribution in [1.29, 1.82) is 0 Å². The Morgan fingerprint density at radius 3 is 2.65 bits per heavy atom. The van der Waals surface area contributed by atoms with Crippen LogP contribution in [-0.4, -0.2) is 37.1 Å². The van der Waals surface area contributed by atoms with Crippen LogP contribution in [0.5, 0.6) is 11.8 Å². The lowest BCUT2D eigenvalue weighted by Crippen LogP contribution is -2.19. The second-order valence-electron chi connectivity index (χ2n) is 3.89. The summed E-state index contributed by atoms with van der Waals surface area (Å²) in [5.74, 6) is 0.571. The molecule has 0 atom stereocenters. The van der Waals surface area contributed by atoms with Crippen molar-refractivity contribution in [3.05, 3.63) is 36.0 Å². The fourth-order valence-electron chi connectivity index (χ4n) is 1.81. The second kappa shape index (κ2) is 6.01. The van der Waals surface area contributed by atoms with Crippen molar-refractivity contribution in [2.24, 2.45) is 0 Å². The molecule has 0 radical (unpaired) electrons. The summed E-state index contributed by atoms with van der Waals surface area (Å²) in [5.41, 5.74) is 1.60. The lowest BCUT2D eigenvalue weighted by Gasteiger charge is -2.11. The number of hydrogen-bond acceptors (Lipinski definition) is 5. The van der Waals surface area contributed by atoms with E-state index in [1.54, 1.807) is 37.5 Å². The minimum atomic E-state index is -0.217. The summed E-state index contributed by atoms with van der Waals surface area (Å²) in [6.45, 7) is 0. The topological polar surface area (TPSA) is 73.3 Å². The molecule has 0 saturated heterocycles. The number of ether oxygens (including phenoxy) is 2. The average Bonchev–Trinajstić information content (AvgIpc) is 2.53. The second-order valence-corrected chi connectivity index (χ2v) is 3.89. The van der Waals surface area contributed by atoms with E-state index in [-0.39, 0.29) is 5.91 Å². The molecule has 0 spiro atoms. The zero-order chi connectivity index (χ0) is 14.5. The summed E-state index contributed by atoms with van der Waals surface area (Å²) in [6.07, 6.45) is 1.62. The van der Waals surface area contributed by atoms with Gasteiger partial charge < -0.3 is 14.8 Å². The monoisotopic (exact) mass is 273 g/mol. The van der Waals surface area contributed by atoms with Crippen molar-refractivity contribution in [3.63, 3.8) is 0 Å². The first-order valence-electron chi connectivity index (χ1n) is 5.97. The van der Waals surface area contributed by atoms with Gasteiger partial charge in [-0.3, -0.25) is 9.78 Å². The molecule has 1 N–H and O–H groups in total. The molecule has 0 aliphatic carbocycles. The Kier molecular flexibility index (Phi) is 4.14. The molecule has 6 heteroatoms. The SMILES string of the molecule is CNC(=O)c1cccnc1-c1ccc(OC)nc1OC. The number of nitrogens with one attached hydrogen (secondary N) is 1. The molecule has 1 amide bonds. The number of rotatable bonds is 4. The summed E-state index contributed by atoms with van der Waals surface area (Å²) >= 11 is 0. The first kappa shape index (κ1) is 13.8. The Labute approximate surface area is 116 Å². The van der Waals surface area contributed by atoms with Crippen LogP contribution in [0, 0.1) is 0 Å². The van der Waals surface area contributed by atoms with Gasteiger partial charge in [-0.25, -0.2) is 0 Å². The van der Waals surface area contributed by atoms with Gasteiger partial charge in [-0.05, 0) is 18.2 Å². The first-order chi connectivity index (χ1) is 9.71. The Morgan fingerprint density at radius 1 is 1.20 bits per heavy atom. The Hall–Kier alpha value is -2.63. The van der Waals surface area contributed by atoms with E-state index in [4.69, 9.17) is 9.47 Å². The van der Waals surface area contributed by atoms with Crippen LogP contribution in [0.25, 0.3) is 11.3 Å². The highest BCUT2D eigenvalue weighted by molar-refractivity contribution is 6.00. The average molecular weight is 273 g/mol. The molecule has 0 aliphatic heterocycles. The van der Waals surface area contributed by atoms with E-state index in [1.165, 1.54) is 14.2 Å². The third-order valence-electron chi connectivity index (χ3n) is 2.77. The van der Waals surface area contributed by atoms with Gasteiger partial charge in [0.05, 0.1) is 31.0 Å². The number of hydrogen-bond donors (Lipinski definition) is 1. The van der Waals surface area contributed by atoms with E-state index >= 15 is 0 Å². The molecule has 2 aromatic rings. The summed E-state index contributed by atoms with van der Waals surface area (Å²) in [5, 5.41) is 2.59. The largest absolute Gasteiger partial charge is 0.481 e. The third-order valence-corrected chi connectivity index (χ3v) is 2.77. The van der Waals surface area contributed by atoms with E-state index in [2.05, 4.69) is 15.3 Å². The molecule has 0 bridgehead atoms. The Bertz CT molecular complexity index is 629. The maximum absolute atomic E-state index is 11.9. The van der Waals surface area contributed by atoms with Crippen LogP contribution in [0.15, 0.2) is 30.5 Å². The lowest BCUT2D eigenvalue weighted by molar-refractivity contribution is 0.0963. The number of pyridine rings is 2. The lowest BCUT2D eigenvalue weighted by atomic mass is 10.1. The van der Waals surface area contributed by atoms with Crippen LogP contribution in [0.1, 0.15) is 10.4 Å². The zero-order valence-corrected chi connectivity index (χ0v) is 11.5. The number of nitrogens with zero attached hydrogens (tertiary/aromatic N) is 2. The van der Waals surface area contributed by atoms with E-state index in [1.807, 2.05) is 0 Å². The Balaban J connectivity index is 2.59. The van der Waals surface area contributed by atoms with Gasteiger partial charge in [0.2, 0.25) is 11.8 Å². The fraction of sp³-hybridized carbons (Fsp3) is 0.214. The smallest absolute Gasteiger partial charge is 0.253 e. The molecule has 6 nitrogen and oxygen atoms in total. The van der Waals surface area contributed by atoms with E-state index in [0.29, 0.717) is 28.6 Å². The van der Waals surface area contributed by atoms with E-state index in [9.17, 15) is 4.79 Å². The molecule has 2 heterocycles. The van der Waals surface area contributed by atoms with Crippen LogP contribution in [0.2, 0.25) is 0 Å². The summed E-state index contributed by atoms with van der Waals surface area (Å²) < 4.78 is 10.3. The van der Waals surface area contributed by atoms with Gasteiger partial charge >= 0.3 is 0 Å². The van der Waals surface area contributed by atoms with Gasteiger partial charge in [-0.15, -0.1) is 0 Å². The molecule has 0 saturated carbocycles. The van der Waals surface area contributed by atoms with E-state index in [0.717, 1.165) is 0 Å². The van der Waals surface area contributed by atoms with Crippen molar-refractivity contribution < 1.29 is 14.3 Å². The summed E-state index contributed by atoms with van der Waals surface area (Å²) in [6, 6.07) is 6.86. The Morgan fingerprint density at radius 2 is 2.00 bits per heavy atom. The van der Waals surface area contributed by atoms with Crippen molar-refractivity contribution in [2.45, 2.75) is 0 Å². The zero-order valence-electron chi connectivity index (χ0n) is 11.5.